The van der Waals surface area contributed by atoms with Crippen LogP contribution in [-0.2, 0) is 0 Å². The van der Waals surface area contributed by atoms with E-state index in [1.165, 1.54) is 0 Å². The highest BCUT2D eigenvalue weighted by molar-refractivity contribution is 6.35. The van der Waals surface area contributed by atoms with E-state index in [0.29, 0.717) is 10.0 Å². The molecule has 1 atom stereocenters. The predicted octanol–water partition coefficient (Wildman–Crippen LogP) is 3.36. The lowest BCUT2D eigenvalue weighted by atomic mass is 10.1. The van der Waals surface area contributed by atoms with Crippen molar-refractivity contribution in [3.8, 4) is 0 Å². The molecule has 1 N–H and O–H groups in total. The van der Waals surface area contributed by atoms with E-state index in [1.807, 2.05) is 6.08 Å². The lowest BCUT2D eigenvalue weighted by Gasteiger charge is -2.34. The van der Waals surface area contributed by atoms with Gasteiger partial charge in [-0.15, -0.1) is 31.4 Å². The number of rotatable bonds is 3. The summed E-state index contributed by atoms with van der Waals surface area (Å²) >= 11 is 12.4. The molecular formula is C12H17Cl4N3. The van der Waals surface area contributed by atoms with Crippen LogP contribution >= 0.6 is 48.0 Å². The maximum atomic E-state index is 6.19. The lowest BCUT2D eigenvalue weighted by molar-refractivity contribution is 0.203. The normalized spacial score (nSPS) is 16.9. The van der Waals surface area contributed by atoms with E-state index in [0.717, 1.165) is 31.7 Å². The topological polar surface area (TPSA) is 28.2 Å². The second-order valence-electron chi connectivity index (χ2n) is 3.98. The first-order valence-corrected chi connectivity index (χ1v) is 6.36. The summed E-state index contributed by atoms with van der Waals surface area (Å²) in [5.74, 6) is 0. The van der Waals surface area contributed by atoms with Gasteiger partial charge in [0, 0.05) is 44.1 Å². The highest BCUT2D eigenvalue weighted by Gasteiger charge is 2.23. The first kappa shape index (κ1) is 19.0. The molecule has 108 valence electrons. The Hall–Kier alpha value is -0.0300. The predicted molar refractivity (Wildman–Crippen MR) is 86.1 cm³/mol. The van der Waals surface area contributed by atoms with Gasteiger partial charge in [0.15, 0.2) is 0 Å². The molecular weight excluding hydrogens is 328 g/mol. The SMILES string of the molecule is C=C[C@@H](c1c(Cl)cncc1Cl)N1CCNCC1.Cl.Cl. The minimum absolute atomic E-state index is 0. The van der Waals surface area contributed by atoms with Crippen LogP contribution in [0.15, 0.2) is 25.0 Å². The summed E-state index contributed by atoms with van der Waals surface area (Å²) in [6, 6.07) is 0.0556. The van der Waals surface area contributed by atoms with Crippen molar-refractivity contribution in [2.24, 2.45) is 0 Å². The molecule has 1 saturated heterocycles. The van der Waals surface area contributed by atoms with E-state index in [1.54, 1.807) is 12.4 Å². The van der Waals surface area contributed by atoms with Crippen molar-refractivity contribution in [3.05, 3.63) is 40.7 Å². The van der Waals surface area contributed by atoms with Crippen LogP contribution in [0, 0.1) is 0 Å². The zero-order chi connectivity index (χ0) is 12.3. The monoisotopic (exact) mass is 343 g/mol. The Bertz CT molecular complexity index is 388. The molecule has 1 aromatic rings. The lowest BCUT2D eigenvalue weighted by Crippen LogP contribution is -2.44. The van der Waals surface area contributed by atoms with E-state index < -0.39 is 0 Å². The van der Waals surface area contributed by atoms with Crippen molar-refractivity contribution in [2.45, 2.75) is 6.04 Å². The van der Waals surface area contributed by atoms with Gasteiger partial charge >= 0.3 is 0 Å². The number of hydrogen-bond acceptors (Lipinski definition) is 3. The van der Waals surface area contributed by atoms with Crippen molar-refractivity contribution in [2.75, 3.05) is 26.2 Å². The summed E-state index contributed by atoms with van der Waals surface area (Å²) in [5, 5.41) is 4.52. The van der Waals surface area contributed by atoms with Crippen molar-refractivity contribution < 1.29 is 0 Å². The Balaban J connectivity index is 0.00000162. The molecule has 0 saturated carbocycles. The third-order valence-corrected chi connectivity index (χ3v) is 3.56. The highest BCUT2D eigenvalue weighted by Crippen LogP contribution is 2.33. The molecule has 0 unspecified atom stereocenters. The standard InChI is InChI=1S/C12H15Cl2N3.2ClH/c1-2-11(17-5-3-15-4-6-17)12-9(13)7-16-8-10(12)14;;/h2,7-8,11,15H,1,3-6H2;2*1H/t11-;;/m0../s1. The Morgan fingerprint density at radius 2 is 1.74 bits per heavy atom. The number of halogens is 4. The van der Waals surface area contributed by atoms with Gasteiger partial charge in [-0.05, 0) is 0 Å². The van der Waals surface area contributed by atoms with Crippen LogP contribution < -0.4 is 5.32 Å². The van der Waals surface area contributed by atoms with Gasteiger partial charge in [0.05, 0.1) is 16.1 Å². The first-order valence-electron chi connectivity index (χ1n) is 5.60. The summed E-state index contributed by atoms with van der Waals surface area (Å²) in [7, 11) is 0. The molecule has 1 fully saturated rings. The van der Waals surface area contributed by atoms with Gasteiger partial charge in [0.2, 0.25) is 0 Å². The maximum Gasteiger partial charge on any atom is 0.0655 e. The minimum Gasteiger partial charge on any atom is -0.314 e. The number of nitrogens with one attached hydrogen (secondary N) is 1. The molecule has 1 aromatic heterocycles. The van der Waals surface area contributed by atoms with Crippen molar-refractivity contribution in [1.29, 1.82) is 0 Å². The summed E-state index contributed by atoms with van der Waals surface area (Å²) in [6.45, 7) is 7.78. The Labute approximate surface area is 136 Å². The molecule has 7 heteroatoms. The number of pyridine rings is 1. The Kier molecular flexibility index (Phi) is 8.99. The largest absolute Gasteiger partial charge is 0.314 e. The number of piperazine rings is 1. The van der Waals surface area contributed by atoms with Crippen LogP contribution in [0.4, 0.5) is 0 Å². The number of hydrogen-bond donors (Lipinski definition) is 1. The molecule has 0 aliphatic carbocycles. The molecule has 0 aromatic carbocycles. The smallest absolute Gasteiger partial charge is 0.0655 e. The van der Waals surface area contributed by atoms with E-state index >= 15 is 0 Å². The highest BCUT2D eigenvalue weighted by atomic mass is 35.5. The average Bonchev–Trinajstić information content (AvgIpc) is 2.35. The van der Waals surface area contributed by atoms with E-state index in [4.69, 9.17) is 23.2 Å². The Morgan fingerprint density at radius 3 is 2.21 bits per heavy atom. The van der Waals surface area contributed by atoms with Crippen LogP contribution in [-0.4, -0.2) is 36.1 Å². The second-order valence-corrected chi connectivity index (χ2v) is 4.80. The van der Waals surface area contributed by atoms with Gasteiger partial charge < -0.3 is 5.32 Å². The summed E-state index contributed by atoms with van der Waals surface area (Å²) in [6.07, 6.45) is 5.14. The van der Waals surface area contributed by atoms with E-state index in [2.05, 4.69) is 21.8 Å². The van der Waals surface area contributed by atoms with Crippen LogP contribution in [0.5, 0.6) is 0 Å². The third kappa shape index (κ3) is 4.48. The quantitative estimate of drug-likeness (QED) is 0.852. The van der Waals surface area contributed by atoms with Crippen molar-refractivity contribution in [3.63, 3.8) is 0 Å². The average molecular weight is 345 g/mol. The van der Waals surface area contributed by atoms with E-state index in [-0.39, 0.29) is 30.9 Å². The van der Waals surface area contributed by atoms with Crippen LogP contribution in [0.2, 0.25) is 10.0 Å². The summed E-state index contributed by atoms with van der Waals surface area (Å²) < 4.78 is 0. The van der Waals surface area contributed by atoms with Gasteiger partial charge in [-0.3, -0.25) is 9.88 Å². The van der Waals surface area contributed by atoms with Crippen LogP contribution in [0.3, 0.4) is 0 Å². The van der Waals surface area contributed by atoms with Gasteiger partial charge in [-0.25, -0.2) is 0 Å². The molecule has 0 bridgehead atoms. The van der Waals surface area contributed by atoms with E-state index in [9.17, 15) is 0 Å². The molecule has 2 heterocycles. The van der Waals surface area contributed by atoms with Gasteiger partial charge in [-0.2, -0.15) is 0 Å². The summed E-state index contributed by atoms with van der Waals surface area (Å²) in [5.41, 5.74) is 0.903. The molecule has 1 aliphatic rings. The van der Waals surface area contributed by atoms with Crippen LogP contribution in [0.1, 0.15) is 11.6 Å². The fourth-order valence-electron chi connectivity index (χ4n) is 2.11. The summed E-state index contributed by atoms with van der Waals surface area (Å²) in [4.78, 5) is 6.29. The van der Waals surface area contributed by atoms with Gasteiger partial charge in [-0.1, -0.05) is 29.3 Å². The first-order chi connectivity index (χ1) is 8.24. The maximum absolute atomic E-state index is 6.19. The van der Waals surface area contributed by atoms with Crippen molar-refractivity contribution in [1.82, 2.24) is 15.2 Å². The zero-order valence-corrected chi connectivity index (χ0v) is 13.5. The number of nitrogens with zero attached hydrogens (tertiary/aromatic N) is 2. The molecule has 0 spiro atoms. The fraction of sp³-hybridized carbons (Fsp3) is 0.417. The molecule has 2 rings (SSSR count). The third-order valence-electron chi connectivity index (χ3n) is 2.95. The molecule has 3 nitrogen and oxygen atoms in total. The molecule has 0 radical (unpaired) electrons. The fourth-order valence-corrected chi connectivity index (χ4v) is 2.70. The van der Waals surface area contributed by atoms with Gasteiger partial charge in [0.1, 0.15) is 0 Å². The van der Waals surface area contributed by atoms with Gasteiger partial charge in [0.25, 0.3) is 0 Å². The molecule has 1 aliphatic heterocycles. The zero-order valence-electron chi connectivity index (χ0n) is 10.3. The molecule has 19 heavy (non-hydrogen) atoms. The number of aromatic nitrogens is 1. The van der Waals surface area contributed by atoms with Crippen LogP contribution in [0.25, 0.3) is 0 Å². The second kappa shape index (κ2) is 9.01. The Morgan fingerprint density at radius 1 is 1.21 bits per heavy atom. The van der Waals surface area contributed by atoms with Crippen molar-refractivity contribution >= 4 is 48.0 Å². The minimum atomic E-state index is 0. The molecule has 0 amide bonds.